The lowest BCUT2D eigenvalue weighted by Gasteiger charge is -2.16. The lowest BCUT2D eigenvalue weighted by molar-refractivity contribution is 0.0946. The Balaban J connectivity index is 1.41. The molecule has 0 spiro atoms. The Kier molecular flexibility index (Phi) is 4.24. The highest BCUT2D eigenvalue weighted by Gasteiger charge is 2.14. The Labute approximate surface area is 145 Å². The lowest BCUT2D eigenvalue weighted by atomic mass is 9.90. The van der Waals surface area contributed by atoms with E-state index in [1.165, 1.54) is 24.0 Å². The summed E-state index contributed by atoms with van der Waals surface area (Å²) in [5, 5.41) is 6.77. The zero-order valence-electron chi connectivity index (χ0n) is 13.7. The molecule has 1 aromatic carbocycles. The van der Waals surface area contributed by atoms with Crippen LogP contribution in [0.1, 0.15) is 40.2 Å². The number of carbonyl (C=O) groups excluding carboxylic acids is 1. The Hall–Kier alpha value is -3.02. The highest BCUT2D eigenvalue weighted by Crippen LogP contribution is 2.22. The van der Waals surface area contributed by atoms with Gasteiger partial charge in [-0.1, -0.05) is 11.2 Å². The van der Waals surface area contributed by atoms with Gasteiger partial charge >= 0.3 is 0 Å². The molecule has 1 aliphatic carbocycles. The van der Waals surface area contributed by atoms with Crippen LogP contribution in [0.4, 0.5) is 0 Å². The predicted molar refractivity (Wildman–Crippen MR) is 91.8 cm³/mol. The molecule has 3 aromatic rings. The van der Waals surface area contributed by atoms with Gasteiger partial charge in [-0.25, -0.2) is 0 Å². The molecule has 0 aliphatic heterocycles. The number of pyridine rings is 1. The largest absolute Gasteiger partial charge is 0.343 e. The number of carbonyl (C=O) groups is 1. The van der Waals surface area contributed by atoms with E-state index >= 15 is 0 Å². The molecule has 1 amide bonds. The van der Waals surface area contributed by atoms with Gasteiger partial charge in [0.2, 0.25) is 11.7 Å². The Bertz CT molecular complexity index is 889. The minimum Gasteiger partial charge on any atom is -0.343 e. The Morgan fingerprint density at radius 2 is 1.88 bits per heavy atom. The van der Waals surface area contributed by atoms with E-state index in [-0.39, 0.29) is 12.5 Å². The van der Waals surface area contributed by atoms with Gasteiger partial charge in [-0.3, -0.25) is 9.78 Å². The summed E-state index contributed by atoms with van der Waals surface area (Å²) in [6.45, 7) is 0.202. The summed E-state index contributed by atoms with van der Waals surface area (Å²) >= 11 is 0. The van der Waals surface area contributed by atoms with Crippen LogP contribution in [0.3, 0.4) is 0 Å². The summed E-state index contributed by atoms with van der Waals surface area (Å²) < 4.78 is 5.20. The third-order valence-corrected chi connectivity index (χ3v) is 4.42. The third kappa shape index (κ3) is 3.42. The number of benzene rings is 1. The van der Waals surface area contributed by atoms with Crippen molar-refractivity contribution in [3.63, 3.8) is 0 Å². The van der Waals surface area contributed by atoms with E-state index in [0.29, 0.717) is 17.3 Å². The van der Waals surface area contributed by atoms with Gasteiger partial charge in [0, 0.05) is 23.5 Å². The minimum atomic E-state index is -0.128. The quantitative estimate of drug-likeness (QED) is 0.793. The molecule has 0 fully saturated rings. The summed E-state index contributed by atoms with van der Waals surface area (Å²) in [7, 11) is 0. The van der Waals surface area contributed by atoms with E-state index in [9.17, 15) is 4.79 Å². The van der Waals surface area contributed by atoms with Gasteiger partial charge < -0.3 is 9.84 Å². The van der Waals surface area contributed by atoms with Crippen LogP contribution in [0.25, 0.3) is 11.4 Å². The summed E-state index contributed by atoms with van der Waals surface area (Å²) in [5.74, 6) is 0.732. The maximum atomic E-state index is 12.4. The second-order valence-corrected chi connectivity index (χ2v) is 6.12. The van der Waals surface area contributed by atoms with Crippen LogP contribution >= 0.6 is 0 Å². The monoisotopic (exact) mass is 334 g/mol. The molecule has 0 bridgehead atoms. The van der Waals surface area contributed by atoms with Crippen molar-refractivity contribution in [3.8, 4) is 11.4 Å². The number of amides is 1. The maximum Gasteiger partial charge on any atom is 0.251 e. The summed E-state index contributed by atoms with van der Waals surface area (Å²) in [4.78, 5) is 20.6. The van der Waals surface area contributed by atoms with E-state index in [1.54, 1.807) is 24.5 Å². The van der Waals surface area contributed by atoms with Crippen LogP contribution in [0.2, 0.25) is 0 Å². The van der Waals surface area contributed by atoms with Crippen LogP contribution in [-0.2, 0) is 19.4 Å². The number of aromatic nitrogens is 3. The van der Waals surface area contributed by atoms with Gasteiger partial charge in [0.1, 0.15) is 0 Å². The number of hydrogen-bond donors (Lipinski definition) is 1. The van der Waals surface area contributed by atoms with Crippen molar-refractivity contribution in [3.05, 3.63) is 65.3 Å². The first-order valence-electron chi connectivity index (χ1n) is 8.42. The number of nitrogens with zero attached hydrogens (tertiary/aromatic N) is 3. The topological polar surface area (TPSA) is 80.9 Å². The van der Waals surface area contributed by atoms with Crippen molar-refractivity contribution >= 4 is 5.91 Å². The zero-order chi connectivity index (χ0) is 17.1. The van der Waals surface area contributed by atoms with E-state index < -0.39 is 0 Å². The molecule has 0 unspecified atom stereocenters. The van der Waals surface area contributed by atoms with Crippen LogP contribution in [-0.4, -0.2) is 21.0 Å². The number of hydrogen-bond acceptors (Lipinski definition) is 5. The molecule has 0 saturated carbocycles. The zero-order valence-corrected chi connectivity index (χ0v) is 13.7. The lowest BCUT2D eigenvalue weighted by Crippen LogP contribution is -2.23. The normalized spacial score (nSPS) is 13.3. The van der Waals surface area contributed by atoms with Crippen LogP contribution in [0.5, 0.6) is 0 Å². The second kappa shape index (κ2) is 6.84. The average Bonchev–Trinajstić information content (AvgIpc) is 3.15. The summed E-state index contributed by atoms with van der Waals surface area (Å²) in [6.07, 6.45) is 7.92. The molecular formula is C19H18N4O2. The number of aryl methyl sites for hydroxylation is 2. The second-order valence-electron chi connectivity index (χ2n) is 6.12. The number of fused-ring (bicyclic) bond motifs is 1. The summed E-state index contributed by atoms with van der Waals surface area (Å²) in [6, 6.07) is 9.56. The van der Waals surface area contributed by atoms with Crippen molar-refractivity contribution < 1.29 is 9.32 Å². The van der Waals surface area contributed by atoms with Gasteiger partial charge in [-0.15, -0.1) is 0 Å². The molecule has 1 N–H and O–H groups in total. The molecule has 6 heteroatoms. The summed E-state index contributed by atoms with van der Waals surface area (Å²) in [5.41, 5.74) is 4.15. The number of rotatable bonds is 4. The molecular weight excluding hydrogens is 316 g/mol. The molecule has 1 aliphatic rings. The SMILES string of the molecule is O=C(NCc1nc(-c2ccncc2)no1)c1ccc2c(c1)CCCC2. The number of nitrogens with one attached hydrogen (secondary N) is 1. The van der Waals surface area contributed by atoms with Gasteiger partial charge in [0.15, 0.2) is 0 Å². The molecule has 0 atom stereocenters. The van der Waals surface area contributed by atoms with Gasteiger partial charge in [-0.05, 0) is 61.1 Å². The van der Waals surface area contributed by atoms with Crippen molar-refractivity contribution in [2.24, 2.45) is 0 Å². The third-order valence-electron chi connectivity index (χ3n) is 4.42. The first kappa shape index (κ1) is 15.5. The Morgan fingerprint density at radius 1 is 1.08 bits per heavy atom. The highest BCUT2D eigenvalue weighted by molar-refractivity contribution is 5.94. The van der Waals surface area contributed by atoms with E-state index in [4.69, 9.17) is 4.52 Å². The molecule has 0 saturated heterocycles. The van der Waals surface area contributed by atoms with Crippen molar-refractivity contribution in [2.75, 3.05) is 0 Å². The van der Waals surface area contributed by atoms with Crippen LogP contribution in [0, 0.1) is 0 Å². The van der Waals surface area contributed by atoms with Crippen molar-refractivity contribution in [1.29, 1.82) is 0 Å². The van der Waals surface area contributed by atoms with Crippen LogP contribution < -0.4 is 5.32 Å². The average molecular weight is 334 g/mol. The maximum absolute atomic E-state index is 12.4. The fourth-order valence-corrected chi connectivity index (χ4v) is 3.08. The molecule has 126 valence electrons. The molecule has 2 aromatic heterocycles. The fraction of sp³-hybridized carbons (Fsp3) is 0.263. The van der Waals surface area contributed by atoms with E-state index in [0.717, 1.165) is 18.4 Å². The standard InChI is InChI=1S/C19H18N4O2/c24-19(16-6-5-13-3-1-2-4-15(13)11-16)21-12-17-22-18(23-25-17)14-7-9-20-10-8-14/h5-11H,1-4,12H2,(H,21,24). The molecule has 4 rings (SSSR count). The van der Waals surface area contributed by atoms with Crippen molar-refractivity contribution in [2.45, 2.75) is 32.2 Å². The van der Waals surface area contributed by atoms with Gasteiger partial charge in [0.05, 0.1) is 6.54 Å². The first-order chi connectivity index (χ1) is 12.3. The molecule has 0 radical (unpaired) electrons. The van der Waals surface area contributed by atoms with Gasteiger partial charge in [0.25, 0.3) is 5.91 Å². The van der Waals surface area contributed by atoms with E-state index in [1.807, 2.05) is 12.1 Å². The molecule has 25 heavy (non-hydrogen) atoms. The van der Waals surface area contributed by atoms with E-state index in [2.05, 4.69) is 26.5 Å². The van der Waals surface area contributed by atoms with Gasteiger partial charge in [-0.2, -0.15) is 4.98 Å². The predicted octanol–water partition coefficient (Wildman–Crippen LogP) is 2.94. The first-order valence-corrected chi connectivity index (χ1v) is 8.42. The van der Waals surface area contributed by atoms with Crippen molar-refractivity contribution in [1.82, 2.24) is 20.4 Å². The Morgan fingerprint density at radius 3 is 2.72 bits per heavy atom. The smallest absolute Gasteiger partial charge is 0.251 e. The fourth-order valence-electron chi connectivity index (χ4n) is 3.08. The highest BCUT2D eigenvalue weighted by atomic mass is 16.5. The molecule has 6 nitrogen and oxygen atoms in total. The minimum absolute atomic E-state index is 0.128. The van der Waals surface area contributed by atoms with Crippen LogP contribution in [0.15, 0.2) is 47.2 Å². The molecule has 2 heterocycles.